The average Bonchev–Trinajstić information content (AvgIpc) is 2.38. The van der Waals surface area contributed by atoms with Gasteiger partial charge in [-0.2, -0.15) is 0 Å². The Morgan fingerprint density at radius 3 is 2.44 bits per heavy atom. The average molecular weight is 268 g/mol. The second-order valence-electron chi connectivity index (χ2n) is 3.65. The summed E-state index contributed by atoms with van der Waals surface area (Å²) in [5.41, 5.74) is 1.50. The van der Waals surface area contributed by atoms with Crippen molar-refractivity contribution in [1.82, 2.24) is 0 Å². The fraction of sp³-hybridized carbons (Fsp3) is 0.143. The number of anilines is 1. The molecule has 0 amide bonds. The van der Waals surface area contributed by atoms with Crippen molar-refractivity contribution in [3.63, 3.8) is 0 Å². The summed E-state index contributed by atoms with van der Waals surface area (Å²) < 4.78 is 18.6. The molecule has 0 unspecified atom stereocenters. The normalized spacial score (nSPS) is 9.44. The van der Waals surface area contributed by atoms with Crippen molar-refractivity contribution < 1.29 is 9.13 Å². The standard InChI is InChI=1S/C14H14FNO.ClH/c1-17-14-9-5-2-6-11(14)10-16-13-8-4-3-7-12(13)15;/h2-9,16H,10H2,1H3;1H. The van der Waals surface area contributed by atoms with E-state index in [9.17, 15) is 4.39 Å². The summed E-state index contributed by atoms with van der Waals surface area (Å²) in [6.45, 7) is 0.533. The molecule has 4 heteroatoms. The van der Waals surface area contributed by atoms with Gasteiger partial charge in [0.15, 0.2) is 0 Å². The van der Waals surface area contributed by atoms with Crippen LogP contribution >= 0.6 is 12.4 Å². The van der Waals surface area contributed by atoms with Gasteiger partial charge in [0.2, 0.25) is 0 Å². The molecule has 0 bridgehead atoms. The molecule has 0 radical (unpaired) electrons. The quantitative estimate of drug-likeness (QED) is 0.908. The summed E-state index contributed by atoms with van der Waals surface area (Å²) in [7, 11) is 1.63. The number of hydrogen-bond acceptors (Lipinski definition) is 2. The monoisotopic (exact) mass is 267 g/mol. The van der Waals surface area contributed by atoms with Gasteiger partial charge in [-0.15, -0.1) is 12.4 Å². The minimum atomic E-state index is -0.248. The highest BCUT2D eigenvalue weighted by Crippen LogP contribution is 2.20. The summed E-state index contributed by atoms with van der Waals surface area (Å²) in [6, 6.07) is 14.3. The fourth-order valence-corrected chi connectivity index (χ4v) is 1.64. The summed E-state index contributed by atoms with van der Waals surface area (Å²) in [4.78, 5) is 0. The van der Waals surface area contributed by atoms with Gasteiger partial charge in [-0.25, -0.2) is 4.39 Å². The number of rotatable bonds is 4. The maximum atomic E-state index is 13.4. The van der Waals surface area contributed by atoms with E-state index in [2.05, 4.69) is 5.32 Å². The molecule has 0 aliphatic heterocycles. The molecule has 0 aliphatic rings. The highest BCUT2D eigenvalue weighted by molar-refractivity contribution is 5.85. The van der Waals surface area contributed by atoms with Crippen LogP contribution < -0.4 is 10.1 Å². The highest BCUT2D eigenvalue weighted by atomic mass is 35.5. The van der Waals surface area contributed by atoms with Gasteiger partial charge in [0.05, 0.1) is 12.8 Å². The molecule has 2 aromatic rings. The van der Waals surface area contributed by atoms with E-state index < -0.39 is 0 Å². The Kier molecular flexibility index (Phi) is 5.46. The first-order valence-corrected chi connectivity index (χ1v) is 5.41. The van der Waals surface area contributed by atoms with Crippen LogP contribution in [0.1, 0.15) is 5.56 Å². The lowest BCUT2D eigenvalue weighted by Gasteiger charge is -2.10. The molecule has 0 fully saturated rings. The van der Waals surface area contributed by atoms with Crippen LogP contribution in [0.2, 0.25) is 0 Å². The first-order valence-electron chi connectivity index (χ1n) is 5.41. The topological polar surface area (TPSA) is 21.3 Å². The molecule has 0 spiro atoms. The minimum absolute atomic E-state index is 0. The highest BCUT2D eigenvalue weighted by Gasteiger charge is 2.03. The van der Waals surface area contributed by atoms with Gasteiger partial charge in [-0.3, -0.25) is 0 Å². The van der Waals surface area contributed by atoms with Crippen LogP contribution in [-0.2, 0) is 6.54 Å². The molecule has 0 saturated heterocycles. The number of halogens is 2. The number of methoxy groups -OCH3 is 1. The first kappa shape index (κ1) is 14.3. The van der Waals surface area contributed by atoms with Crippen LogP contribution in [0.15, 0.2) is 48.5 Å². The lowest BCUT2D eigenvalue weighted by molar-refractivity contribution is 0.410. The smallest absolute Gasteiger partial charge is 0.146 e. The van der Waals surface area contributed by atoms with Crippen LogP contribution in [0.25, 0.3) is 0 Å². The maximum absolute atomic E-state index is 13.4. The zero-order valence-corrected chi connectivity index (χ0v) is 10.8. The van der Waals surface area contributed by atoms with Crippen molar-refractivity contribution in [3.05, 3.63) is 59.9 Å². The van der Waals surface area contributed by atoms with Crippen LogP contribution in [0, 0.1) is 5.82 Å². The second-order valence-corrected chi connectivity index (χ2v) is 3.65. The Morgan fingerprint density at radius 2 is 1.72 bits per heavy atom. The Balaban J connectivity index is 0.00000162. The molecular weight excluding hydrogens is 253 g/mol. The molecule has 0 aromatic heterocycles. The van der Waals surface area contributed by atoms with Gasteiger partial charge in [-0.05, 0) is 18.2 Å². The minimum Gasteiger partial charge on any atom is -0.496 e. The molecule has 0 aliphatic carbocycles. The van der Waals surface area contributed by atoms with E-state index in [1.165, 1.54) is 6.07 Å². The summed E-state index contributed by atoms with van der Waals surface area (Å²) in [5.74, 6) is 0.554. The van der Waals surface area contributed by atoms with E-state index >= 15 is 0 Å². The number of para-hydroxylation sites is 2. The number of nitrogens with one attached hydrogen (secondary N) is 1. The molecule has 0 heterocycles. The lowest BCUT2D eigenvalue weighted by Crippen LogP contribution is -2.02. The van der Waals surface area contributed by atoms with Crippen LogP contribution in [0.4, 0.5) is 10.1 Å². The van der Waals surface area contributed by atoms with Gasteiger partial charge in [0.25, 0.3) is 0 Å². The summed E-state index contributed by atoms with van der Waals surface area (Å²) >= 11 is 0. The fourth-order valence-electron chi connectivity index (χ4n) is 1.64. The Morgan fingerprint density at radius 1 is 1.06 bits per heavy atom. The number of hydrogen-bond donors (Lipinski definition) is 1. The van der Waals surface area contributed by atoms with E-state index in [0.29, 0.717) is 12.2 Å². The van der Waals surface area contributed by atoms with E-state index in [1.807, 2.05) is 24.3 Å². The maximum Gasteiger partial charge on any atom is 0.146 e. The first-order chi connectivity index (χ1) is 8.31. The lowest BCUT2D eigenvalue weighted by atomic mass is 10.2. The zero-order chi connectivity index (χ0) is 12.1. The summed E-state index contributed by atoms with van der Waals surface area (Å²) in [5, 5.41) is 3.05. The Hall–Kier alpha value is -1.74. The van der Waals surface area contributed by atoms with Crippen molar-refractivity contribution >= 4 is 18.1 Å². The van der Waals surface area contributed by atoms with Crippen molar-refractivity contribution in [1.29, 1.82) is 0 Å². The largest absolute Gasteiger partial charge is 0.496 e. The van der Waals surface area contributed by atoms with Gasteiger partial charge < -0.3 is 10.1 Å². The molecule has 2 rings (SSSR count). The molecule has 2 nitrogen and oxygen atoms in total. The number of ether oxygens (including phenoxy) is 1. The Labute approximate surface area is 112 Å². The van der Waals surface area contributed by atoms with Crippen LogP contribution in [-0.4, -0.2) is 7.11 Å². The van der Waals surface area contributed by atoms with Crippen molar-refractivity contribution in [2.45, 2.75) is 6.54 Å². The molecule has 18 heavy (non-hydrogen) atoms. The molecule has 1 N–H and O–H groups in total. The zero-order valence-electron chi connectivity index (χ0n) is 10.0. The third-order valence-corrected chi connectivity index (χ3v) is 2.54. The third-order valence-electron chi connectivity index (χ3n) is 2.54. The summed E-state index contributed by atoms with van der Waals surface area (Å²) in [6.07, 6.45) is 0. The SMILES string of the molecule is COc1ccccc1CNc1ccccc1F.Cl. The molecule has 0 saturated carbocycles. The van der Waals surface area contributed by atoms with Crippen molar-refractivity contribution in [2.24, 2.45) is 0 Å². The van der Waals surface area contributed by atoms with E-state index in [1.54, 1.807) is 25.3 Å². The van der Waals surface area contributed by atoms with Crippen LogP contribution in [0.5, 0.6) is 5.75 Å². The molecular formula is C14H15ClFNO. The van der Waals surface area contributed by atoms with Crippen LogP contribution in [0.3, 0.4) is 0 Å². The molecule has 2 aromatic carbocycles. The van der Waals surface area contributed by atoms with Crippen molar-refractivity contribution in [3.8, 4) is 5.75 Å². The predicted octanol–water partition coefficient (Wildman–Crippen LogP) is 3.87. The van der Waals surface area contributed by atoms with Gasteiger partial charge >= 0.3 is 0 Å². The Bertz CT molecular complexity index is 505. The molecule has 96 valence electrons. The van der Waals surface area contributed by atoms with Crippen molar-refractivity contribution in [2.75, 3.05) is 12.4 Å². The van der Waals surface area contributed by atoms with Gasteiger partial charge in [-0.1, -0.05) is 30.3 Å². The second kappa shape index (κ2) is 6.87. The van der Waals surface area contributed by atoms with Gasteiger partial charge in [0, 0.05) is 12.1 Å². The van der Waals surface area contributed by atoms with Gasteiger partial charge in [0.1, 0.15) is 11.6 Å². The van der Waals surface area contributed by atoms with E-state index in [-0.39, 0.29) is 18.2 Å². The van der Waals surface area contributed by atoms with E-state index in [4.69, 9.17) is 4.74 Å². The predicted molar refractivity (Wildman–Crippen MR) is 74.0 cm³/mol. The third kappa shape index (κ3) is 3.37. The molecule has 0 atom stereocenters. The number of benzene rings is 2. The van der Waals surface area contributed by atoms with E-state index in [0.717, 1.165) is 11.3 Å².